The molecule has 0 aliphatic rings. The van der Waals surface area contributed by atoms with Gasteiger partial charge in [0.2, 0.25) is 0 Å². The van der Waals surface area contributed by atoms with Crippen LogP contribution >= 0.6 is 11.6 Å². The number of hydrogen-bond donors (Lipinski definition) is 1. The first kappa shape index (κ1) is 11.2. The third-order valence-corrected chi connectivity index (χ3v) is 2.17. The summed E-state index contributed by atoms with van der Waals surface area (Å²) in [7, 11) is 0. The minimum atomic E-state index is -0.312. The quantitative estimate of drug-likeness (QED) is 0.490. The summed E-state index contributed by atoms with van der Waals surface area (Å²) in [5, 5.41) is 9.19. The van der Waals surface area contributed by atoms with Crippen LogP contribution in [0.5, 0.6) is 0 Å². The zero-order chi connectivity index (χ0) is 8.69. The van der Waals surface area contributed by atoms with E-state index in [0.717, 1.165) is 12.8 Å². The fourth-order valence-electron chi connectivity index (χ4n) is 1.01. The van der Waals surface area contributed by atoms with Crippen molar-refractivity contribution in [3.63, 3.8) is 0 Å². The van der Waals surface area contributed by atoms with E-state index in [1.807, 2.05) is 6.92 Å². The third-order valence-electron chi connectivity index (χ3n) is 1.88. The summed E-state index contributed by atoms with van der Waals surface area (Å²) in [6, 6.07) is 0. The number of aliphatic hydroxyl groups is 1. The van der Waals surface area contributed by atoms with Crippen LogP contribution in [0.3, 0.4) is 0 Å². The molecule has 0 saturated carbocycles. The summed E-state index contributed by atoms with van der Waals surface area (Å²) in [5.41, 5.74) is 0. The highest BCUT2D eigenvalue weighted by atomic mass is 35.5. The molecule has 0 aromatic heterocycles. The van der Waals surface area contributed by atoms with Crippen molar-refractivity contribution in [1.82, 2.24) is 0 Å². The average Bonchev–Trinajstić information content (AvgIpc) is 1.97. The number of halogens is 1. The van der Waals surface area contributed by atoms with Crippen molar-refractivity contribution in [1.29, 1.82) is 0 Å². The average molecular weight is 179 g/mol. The molecule has 0 rings (SSSR count). The van der Waals surface area contributed by atoms with Gasteiger partial charge in [-0.1, -0.05) is 32.6 Å². The molecular formula is C9H19ClO. The van der Waals surface area contributed by atoms with Gasteiger partial charge in [-0.15, -0.1) is 11.6 Å². The molecule has 1 N–H and O–H groups in total. The monoisotopic (exact) mass is 178 g/mol. The predicted molar refractivity (Wildman–Crippen MR) is 50.1 cm³/mol. The molecule has 0 radical (unpaired) electrons. The van der Waals surface area contributed by atoms with Gasteiger partial charge in [-0.2, -0.15) is 0 Å². The van der Waals surface area contributed by atoms with E-state index in [-0.39, 0.29) is 11.5 Å². The van der Waals surface area contributed by atoms with E-state index < -0.39 is 0 Å². The maximum atomic E-state index is 9.29. The first-order valence-corrected chi connectivity index (χ1v) is 4.94. The summed E-state index contributed by atoms with van der Waals surface area (Å²) in [6.07, 6.45) is 5.37. The fraction of sp³-hybridized carbons (Fsp3) is 1.00. The molecular weight excluding hydrogens is 160 g/mol. The van der Waals surface area contributed by atoms with Crippen LogP contribution < -0.4 is 0 Å². The minimum Gasteiger partial charge on any atom is -0.392 e. The van der Waals surface area contributed by atoms with Crippen LogP contribution in [0.15, 0.2) is 0 Å². The largest absolute Gasteiger partial charge is 0.392 e. The highest BCUT2D eigenvalue weighted by molar-refractivity contribution is 6.20. The molecule has 0 aromatic carbocycles. The lowest BCUT2D eigenvalue weighted by Crippen LogP contribution is -2.16. The Bertz CT molecular complexity index is 83.6. The smallest absolute Gasteiger partial charge is 0.0701 e. The summed E-state index contributed by atoms with van der Waals surface area (Å²) in [4.78, 5) is 0. The number of rotatable bonds is 6. The zero-order valence-corrected chi connectivity index (χ0v) is 8.27. The van der Waals surface area contributed by atoms with E-state index in [2.05, 4.69) is 6.92 Å². The number of alkyl halides is 1. The highest BCUT2D eigenvalue weighted by Crippen LogP contribution is 2.11. The topological polar surface area (TPSA) is 20.2 Å². The third kappa shape index (κ3) is 6.64. The fourth-order valence-corrected chi connectivity index (χ4v) is 1.14. The summed E-state index contributed by atoms with van der Waals surface area (Å²) in [6.45, 7) is 4.02. The van der Waals surface area contributed by atoms with Crippen molar-refractivity contribution in [2.75, 3.05) is 0 Å². The van der Waals surface area contributed by atoms with E-state index in [0.29, 0.717) is 0 Å². The first-order chi connectivity index (χ1) is 5.18. The van der Waals surface area contributed by atoms with Crippen molar-refractivity contribution >= 4 is 11.6 Å². The van der Waals surface area contributed by atoms with E-state index in [1.54, 1.807) is 0 Å². The highest BCUT2D eigenvalue weighted by Gasteiger charge is 2.09. The summed E-state index contributed by atoms with van der Waals surface area (Å²) in [5.74, 6) is 0. The molecule has 0 heterocycles. The molecule has 1 unspecified atom stereocenters. The van der Waals surface area contributed by atoms with Crippen molar-refractivity contribution in [2.24, 2.45) is 0 Å². The maximum Gasteiger partial charge on any atom is 0.0701 e. The molecule has 0 aliphatic carbocycles. The molecule has 0 saturated heterocycles. The molecule has 11 heavy (non-hydrogen) atoms. The van der Waals surface area contributed by atoms with Gasteiger partial charge in [-0.05, 0) is 13.3 Å². The Kier molecular flexibility index (Phi) is 7.09. The van der Waals surface area contributed by atoms with Gasteiger partial charge in [-0.3, -0.25) is 0 Å². The second kappa shape index (κ2) is 6.93. The molecule has 0 fully saturated rings. The normalized spacial score (nSPS) is 16.4. The SMILES string of the molecule is CCCCCC[C@@H](O)C(C)Cl. The van der Waals surface area contributed by atoms with Crippen LogP contribution in [0.1, 0.15) is 46.0 Å². The van der Waals surface area contributed by atoms with E-state index >= 15 is 0 Å². The number of unbranched alkanes of at least 4 members (excludes halogenated alkanes) is 3. The van der Waals surface area contributed by atoms with E-state index in [9.17, 15) is 5.11 Å². The summed E-state index contributed by atoms with van der Waals surface area (Å²) < 4.78 is 0. The predicted octanol–water partition coefficient (Wildman–Crippen LogP) is 2.95. The molecule has 0 amide bonds. The van der Waals surface area contributed by atoms with Gasteiger partial charge in [0.05, 0.1) is 11.5 Å². The van der Waals surface area contributed by atoms with Gasteiger partial charge in [0.25, 0.3) is 0 Å². The lowest BCUT2D eigenvalue weighted by Gasteiger charge is -2.11. The van der Waals surface area contributed by atoms with Crippen LogP contribution in [0.25, 0.3) is 0 Å². The Hall–Kier alpha value is 0.250. The molecule has 2 heteroatoms. The second-order valence-corrected chi connectivity index (χ2v) is 3.78. The Morgan fingerprint density at radius 3 is 2.36 bits per heavy atom. The Morgan fingerprint density at radius 2 is 1.91 bits per heavy atom. The van der Waals surface area contributed by atoms with Crippen LogP contribution in [-0.2, 0) is 0 Å². The lowest BCUT2D eigenvalue weighted by atomic mass is 10.1. The van der Waals surface area contributed by atoms with E-state index in [1.165, 1.54) is 19.3 Å². The van der Waals surface area contributed by atoms with Gasteiger partial charge in [0.15, 0.2) is 0 Å². The van der Waals surface area contributed by atoms with Gasteiger partial charge in [-0.25, -0.2) is 0 Å². The molecule has 68 valence electrons. The first-order valence-electron chi connectivity index (χ1n) is 4.50. The van der Waals surface area contributed by atoms with E-state index in [4.69, 9.17) is 11.6 Å². The molecule has 0 bridgehead atoms. The van der Waals surface area contributed by atoms with Gasteiger partial charge in [0.1, 0.15) is 0 Å². The van der Waals surface area contributed by atoms with Crippen molar-refractivity contribution in [3.8, 4) is 0 Å². The second-order valence-electron chi connectivity index (χ2n) is 3.09. The van der Waals surface area contributed by atoms with Crippen molar-refractivity contribution < 1.29 is 5.11 Å². The van der Waals surface area contributed by atoms with Gasteiger partial charge in [0, 0.05) is 0 Å². The number of aliphatic hydroxyl groups excluding tert-OH is 1. The van der Waals surface area contributed by atoms with Gasteiger partial charge < -0.3 is 5.11 Å². The Labute approximate surface area is 74.8 Å². The molecule has 0 aromatic rings. The Morgan fingerprint density at radius 1 is 1.27 bits per heavy atom. The molecule has 0 aliphatic heterocycles. The lowest BCUT2D eigenvalue weighted by molar-refractivity contribution is 0.160. The molecule has 1 nitrogen and oxygen atoms in total. The van der Waals surface area contributed by atoms with Crippen molar-refractivity contribution in [2.45, 2.75) is 57.4 Å². The number of hydrogen-bond acceptors (Lipinski definition) is 1. The molecule has 0 spiro atoms. The zero-order valence-electron chi connectivity index (χ0n) is 7.52. The minimum absolute atomic E-state index is 0.100. The Balaban J connectivity index is 3.10. The standard InChI is InChI=1S/C9H19ClO/c1-3-4-5-6-7-9(11)8(2)10/h8-9,11H,3-7H2,1-2H3/t8?,9-/m1/s1. The van der Waals surface area contributed by atoms with Crippen LogP contribution in [0.4, 0.5) is 0 Å². The van der Waals surface area contributed by atoms with Crippen molar-refractivity contribution in [3.05, 3.63) is 0 Å². The van der Waals surface area contributed by atoms with Gasteiger partial charge >= 0.3 is 0 Å². The maximum absolute atomic E-state index is 9.29. The van der Waals surface area contributed by atoms with Crippen LogP contribution in [0.2, 0.25) is 0 Å². The van der Waals surface area contributed by atoms with Crippen LogP contribution in [0, 0.1) is 0 Å². The van der Waals surface area contributed by atoms with Crippen LogP contribution in [-0.4, -0.2) is 16.6 Å². The molecule has 2 atom stereocenters. The summed E-state index contributed by atoms with van der Waals surface area (Å²) >= 11 is 5.69.